The molecule has 1 aliphatic heterocycles. The van der Waals surface area contributed by atoms with Crippen LogP contribution in [0.15, 0.2) is 24.3 Å². The number of alkyl halides is 1. The predicted octanol–water partition coefficient (Wildman–Crippen LogP) is 3.61. The van der Waals surface area contributed by atoms with Crippen molar-refractivity contribution in [3.8, 4) is 0 Å². The Morgan fingerprint density at radius 1 is 1.36 bits per heavy atom. The van der Waals surface area contributed by atoms with Crippen LogP contribution in [0, 0.1) is 6.92 Å². The van der Waals surface area contributed by atoms with E-state index in [9.17, 15) is 0 Å². The van der Waals surface area contributed by atoms with E-state index in [1.165, 1.54) is 17.5 Å². The SMILES string of the molecule is Cc1ccccc1[C@H]1OCCC[C@@H]1Br. The second-order valence-electron chi connectivity index (χ2n) is 3.81. The molecule has 1 aromatic rings. The zero-order valence-electron chi connectivity index (χ0n) is 8.37. The molecule has 0 aliphatic carbocycles. The van der Waals surface area contributed by atoms with Crippen molar-refractivity contribution in [2.45, 2.75) is 30.7 Å². The van der Waals surface area contributed by atoms with E-state index in [0.29, 0.717) is 4.83 Å². The molecular weight excluding hydrogens is 240 g/mol. The number of halogens is 1. The number of hydrogen-bond acceptors (Lipinski definition) is 1. The van der Waals surface area contributed by atoms with Gasteiger partial charge in [0, 0.05) is 11.4 Å². The molecule has 76 valence electrons. The third-order valence-electron chi connectivity index (χ3n) is 2.75. The Bertz CT molecular complexity index is 311. The van der Waals surface area contributed by atoms with Gasteiger partial charge >= 0.3 is 0 Å². The number of rotatable bonds is 1. The van der Waals surface area contributed by atoms with Gasteiger partial charge in [-0.2, -0.15) is 0 Å². The van der Waals surface area contributed by atoms with Crippen molar-refractivity contribution in [3.63, 3.8) is 0 Å². The average Bonchev–Trinajstić information content (AvgIpc) is 2.20. The van der Waals surface area contributed by atoms with E-state index in [2.05, 4.69) is 47.1 Å². The lowest BCUT2D eigenvalue weighted by atomic mass is 9.97. The highest BCUT2D eigenvalue weighted by atomic mass is 79.9. The van der Waals surface area contributed by atoms with E-state index in [1.54, 1.807) is 0 Å². The van der Waals surface area contributed by atoms with Crippen molar-refractivity contribution in [3.05, 3.63) is 35.4 Å². The lowest BCUT2D eigenvalue weighted by Gasteiger charge is -2.29. The second-order valence-corrected chi connectivity index (χ2v) is 4.98. The summed E-state index contributed by atoms with van der Waals surface area (Å²) in [6, 6.07) is 8.47. The molecule has 0 amide bonds. The first kappa shape index (κ1) is 10.2. The molecule has 0 bridgehead atoms. The third-order valence-corrected chi connectivity index (χ3v) is 3.68. The second kappa shape index (κ2) is 4.45. The minimum atomic E-state index is 0.241. The lowest BCUT2D eigenvalue weighted by molar-refractivity contribution is 0.0214. The van der Waals surface area contributed by atoms with Gasteiger partial charge in [-0.3, -0.25) is 0 Å². The molecule has 2 heteroatoms. The number of aryl methyl sites for hydroxylation is 1. The maximum Gasteiger partial charge on any atom is 0.0952 e. The fourth-order valence-electron chi connectivity index (χ4n) is 1.94. The quantitative estimate of drug-likeness (QED) is 0.696. The van der Waals surface area contributed by atoms with Crippen LogP contribution in [0.5, 0.6) is 0 Å². The van der Waals surface area contributed by atoms with Gasteiger partial charge in [0.05, 0.1) is 6.10 Å². The molecule has 0 radical (unpaired) electrons. The average molecular weight is 255 g/mol. The molecule has 1 aromatic carbocycles. The molecule has 0 N–H and O–H groups in total. The van der Waals surface area contributed by atoms with Gasteiger partial charge in [0.2, 0.25) is 0 Å². The van der Waals surface area contributed by atoms with E-state index in [-0.39, 0.29) is 6.10 Å². The molecule has 2 rings (SSSR count). The Balaban J connectivity index is 2.25. The van der Waals surface area contributed by atoms with Crippen LogP contribution in [0.1, 0.15) is 30.1 Å². The molecule has 1 nitrogen and oxygen atoms in total. The summed E-state index contributed by atoms with van der Waals surface area (Å²) in [6.45, 7) is 3.04. The molecule has 1 saturated heterocycles. The molecule has 0 unspecified atom stereocenters. The van der Waals surface area contributed by atoms with Crippen molar-refractivity contribution in [2.24, 2.45) is 0 Å². The van der Waals surface area contributed by atoms with E-state index in [0.717, 1.165) is 13.0 Å². The highest BCUT2D eigenvalue weighted by molar-refractivity contribution is 9.09. The van der Waals surface area contributed by atoms with E-state index in [1.807, 2.05) is 0 Å². The third kappa shape index (κ3) is 2.01. The van der Waals surface area contributed by atoms with Crippen LogP contribution in [0.25, 0.3) is 0 Å². The topological polar surface area (TPSA) is 9.23 Å². The molecule has 2 atom stereocenters. The molecule has 0 aromatic heterocycles. The van der Waals surface area contributed by atoms with Gasteiger partial charge in [-0.15, -0.1) is 0 Å². The summed E-state index contributed by atoms with van der Waals surface area (Å²) in [7, 11) is 0. The van der Waals surface area contributed by atoms with Gasteiger partial charge in [0.25, 0.3) is 0 Å². The Labute approximate surface area is 93.6 Å². The summed E-state index contributed by atoms with van der Waals surface area (Å²) in [5.41, 5.74) is 2.65. The van der Waals surface area contributed by atoms with Crippen LogP contribution < -0.4 is 0 Å². The molecule has 1 heterocycles. The highest BCUT2D eigenvalue weighted by Crippen LogP contribution is 2.34. The molecule has 0 spiro atoms. The van der Waals surface area contributed by atoms with Crippen molar-refractivity contribution < 1.29 is 4.74 Å². The Hall–Kier alpha value is -0.340. The smallest absolute Gasteiger partial charge is 0.0952 e. The minimum absolute atomic E-state index is 0.241. The van der Waals surface area contributed by atoms with Crippen molar-refractivity contribution >= 4 is 15.9 Å². The van der Waals surface area contributed by atoms with Crippen LogP contribution in [-0.4, -0.2) is 11.4 Å². The molecular formula is C12H15BrO. The molecule has 14 heavy (non-hydrogen) atoms. The molecule has 1 aliphatic rings. The van der Waals surface area contributed by atoms with Gasteiger partial charge in [0.15, 0.2) is 0 Å². The fourth-order valence-corrected chi connectivity index (χ4v) is 2.70. The van der Waals surface area contributed by atoms with Crippen molar-refractivity contribution in [2.75, 3.05) is 6.61 Å². The van der Waals surface area contributed by atoms with E-state index < -0.39 is 0 Å². The Kier molecular flexibility index (Phi) is 3.24. The van der Waals surface area contributed by atoms with E-state index >= 15 is 0 Å². The van der Waals surface area contributed by atoms with Gasteiger partial charge < -0.3 is 4.74 Å². The van der Waals surface area contributed by atoms with Gasteiger partial charge in [-0.05, 0) is 30.9 Å². The first-order valence-corrected chi connectivity index (χ1v) is 6.02. The monoisotopic (exact) mass is 254 g/mol. The fraction of sp³-hybridized carbons (Fsp3) is 0.500. The van der Waals surface area contributed by atoms with Gasteiger partial charge in [0.1, 0.15) is 0 Å². The zero-order valence-corrected chi connectivity index (χ0v) is 9.96. The Morgan fingerprint density at radius 2 is 2.14 bits per heavy atom. The number of hydrogen-bond donors (Lipinski definition) is 0. The first-order chi connectivity index (χ1) is 6.79. The minimum Gasteiger partial charge on any atom is -0.372 e. The molecule has 0 saturated carbocycles. The largest absolute Gasteiger partial charge is 0.372 e. The zero-order chi connectivity index (χ0) is 9.97. The number of ether oxygens (including phenoxy) is 1. The predicted molar refractivity (Wildman–Crippen MR) is 61.8 cm³/mol. The normalized spacial score (nSPS) is 27.6. The Morgan fingerprint density at radius 3 is 2.86 bits per heavy atom. The summed E-state index contributed by atoms with van der Waals surface area (Å²) in [5.74, 6) is 0. The van der Waals surface area contributed by atoms with Crippen molar-refractivity contribution in [1.82, 2.24) is 0 Å². The standard InChI is InChI=1S/C12H15BrO/c1-9-5-2-3-6-10(9)12-11(13)7-4-8-14-12/h2-3,5-6,11-12H,4,7-8H2,1H3/t11-,12+/m0/s1. The summed E-state index contributed by atoms with van der Waals surface area (Å²) >= 11 is 3.70. The summed E-state index contributed by atoms with van der Waals surface area (Å²) in [6.07, 6.45) is 2.61. The molecule has 1 fully saturated rings. The van der Waals surface area contributed by atoms with Gasteiger partial charge in [-0.25, -0.2) is 0 Å². The van der Waals surface area contributed by atoms with Crippen LogP contribution in [0.3, 0.4) is 0 Å². The summed E-state index contributed by atoms with van der Waals surface area (Å²) in [4.78, 5) is 0.470. The van der Waals surface area contributed by atoms with Gasteiger partial charge in [-0.1, -0.05) is 40.2 Å². The number of benzene rings is 1. The summed E-state index contributed by atoms with van der Waals surface area (Å²) in [5, 5.41) is 0. The highest BCUT2D eigenvalue weighted by Gasteiger charge is 2.25. The summed E-state index contributed by atoms with van der Waals surface area (Å²) < 4.78 is 5.81. The first-order valence-electron chi connectivity index (χ1n) is 5.10. The van der Waals surface area contributed by atoms with Crippen LogP contribution in [-0.2, 0) is 4.74 Å². The van der Waals surface area contributed by atoms with Crippen molar-refractivity contribution in [1.29, 1.82) is 0 Å². The lowest BCUT2D eigenvalue weighted by Crippen LogP contribution is -2.23. The van der Waals surface area contributed by atoms with Crippen LogP contribution in [0.4, 0.5) is 0 Å². The van der Waals surface area contributed by atoms with Crippen LogP contribution in [0.2, 0.25) is 0 Å². The van der Waals surface area contributed by atoms with E-state index in [4.69, 9.17) is 4.74 Å². The maximum atomic E-state index is 5.81. The van der Waals surface area contributed by atoms with Crippen LogP contribution >= 0.6 is 15.9 Å². The maximum absolute atomic E-state index is 5.81.